The molecule has 0 amide bonds. The molecule has 0 spiro atoms. The van der Waals surface area contributed by atoms with Gasteiger partial charge in [-0.15, -0.1) is 5.11 Å². The molecular weight excluding hydrogens is 410 g/mol. The van der Waals surface area contributed by atoms with E-state index in [0.717, 1.165) is 6.07 Å². The van der Waals surface area contributed by atoms with E-state index in [4.69, 9.17) is 4.55 Å². The molecule has 12 heteroatoms. The van der Waals surface area contributed by atoms with E-state index >= 15 is 0 Å². The average molecular weight is 423 g/mol. The van der Waals surface area contributed by atoms with E-state index in [-0.39, 0.29) is 33.5 Å². The van der Waals surface area contributed by atoms with Gasteiger partial charge >= 0.3 is 10.3 Å². The van der Waals surface area contributed by atoms with Gasteiger partial charge in [0.15, 0.2) is 0 Å². The number of aryl methyl sites for hydroxylation is 1. The highest BCUT2D eigenvalue weighted by Crippen LogP contribution is 2.43. The first-order valence-corrected chi connectivity index (χ1v) is 10.4. The van der Waals surface area contributed by atoms with Crippen molar-refractivity contribution in [1.82, 2.24) is 4.98 Å². The van der Waals surface area contributed by atoms with Crippen molar-refractivity contribution in [3.8, 4) is 17.0 Å². The summed E-state index contributed by atoms with van der Waals surface area (Å²) in [5.41, 5.74) is 0.668. The second-order valence-corrected chi connectivity index (χ2v) is 8.19. The Labute approximate surface area is 159 Å². The van der Waals surface area contributed by atoms with Crippen molar-refractivity contribution in [2.75, 3.05) is 0 Å². The van der Waals surface area contributed by atoms with Gasteiger partial charge < -0.3 is 5.11 Å². The Hall–Kier alpha value is -2.93. The average Bonchev–Trinajstić information content (AvgIpc) is 2.59. The second kappa shape index (κ2) is 6.91. The highest BCUT2D eigenvalue weighted by molar-refractivity contribution is 7.86. The van der Waals surface area contributed by atoms with E-state index in [0.29, 0.717) is 5.56 Å². The third-order valence-electron chi connectivity index (χ3n) is 3.87. The molecule has 146 valence electrons. The van der Waals surface area contributed by atoms with Crippen molar-refractivity contribution in [1.29, 1.82) is 0 Å². The first-order chi connectivity index (χ1) is 13.0. The maximum atomic E-state index is 12.0. The second-order valence-electron chi connectivity index (χ2n) is 5.74. The number of benzene rings is 2. The van der Waals surface area contributed by atoms with E-state index in [1.807, 2.05) is 0 Å². The van der Waals surface area contributed by atoms with Gasteiger partial charge in [0, 0.05) is 22.5 Å². The third-order valence-corrected chi connectivity index (χ3v) is 5.03. The zero-order valence-corrected chi connectivity index (χ0v) is 15.8. The summed E-state index contributed by atoms with van der Waals surface area (Å²) in [6.07, 6.45) is 1.45. The largest absolute Gasteiger partial charge is 0.507 e. The van der Waals surface area contributed by atoms with Crippen LogP contribution in [-0.2, 0) is 20.4 Å². The number of phenols is 1. The lowest BCUT2D eigenvalue weighted by Crippen LogP contribution is -2.01. The number of fused-ring (bicyclic) bond motifs is 1. The smallest absolute Gasteiger partial charge is 0.396 e. The Morgan fingerprint density at radius 1 is 1.04 bits per heavy atom. The number of nitrogens with zero attached hydrogens (tertiary/aromatic N) is 3. The number of phenolic OH excluding ortho intramolecular Hbond substituents is 1. The zero-order chi connectivity index (χ0) is 20.7. The quantitative estimate of drug-likeness (QED) is 0.425. The van der Waals surface area contributed by atoms with Crippen molar-refractivity contribution in [3.05, 3.63) is 48.2 Å². The maximum absolute atomic E-state index is 12.0. The first kappa shape index (κ1) is 19.8. The molecule has 0 aliphatic rings. The Kier molecular flexibility index (Phi) is 4.89. The Balaban J connectivity index is 2.47. The maximum Gasteiger partial charge on any atom is 0.396 e. The molecule has 0 saturated heterocycles. The van der Waals surface area contributed by atoms with Gasteiger partial charge in [0.05, 0.1) is 11.4 Å². The van der Waals surface area contributed by atoms with E-state index in [1.54, 1.807) is 19.1 Å². The molecule has 0 aliphatic heterocycles. The van der Waals surface area contributed by atoms with Crippen LogP contribution in [0, 0.1) is 6.92 Å². The molecule has 10 nitrogen and oxygen atoms in total. The van der Waals surface area contributed by atoms with Gasteiger partial charge in [-0.1, -0.05) is 18.2 Å². The molecule has 0 unspecified atom stereocenters. The van der Waals surface area contributed by atoms with Crippen LogP contribution in [0.4, 0.5) is 5.69 Å². The molecular formula is C16H13N3O7S2. The summed E-state index contributed by atoms with van der Waals surface area (Å²) in [5, 5.41) is 13.7. The Morgan fingerprint density at radius 3 is 2.36 bits per heavy atom. The summed E-state index contributed by atoms with van der Waals surface area (Å²) in [6, 6.07) is 8.30. The van der Waals surface area contributed by atoms with E-state index in [1.165, 1.54) is 24.4 Å². The number of aromatic nitrogens is 1. The number of hydrogen-bond acceptors (Lipinski definition) is 7. The fourth-order valence-electron chi connectivity index (χ4n) is 2.74. The van der Waals surface area contributed by atoms with Gasteiger partial charge in [-0.3, -0.25) is 14.1 Å². The first-order valence-electron chi connectivity index (χ1n) is 7.57. The van der Waals surface area contributed by atoms with Crippen molar-refractivity contribution in [2.24, 2.45) is 9.63 Å². The van der Waals surface area contributed by atoms with Gasteiger partial charge in [0.1, 0.15) is 10.6 Å². The fraction of sp³-hybridized carbons (Fsp3) is 0.0625. The SMILES string of the molecule is Cc1cccnc1-c1cc(S(=O)(=O)O)c2c(N=NS(=O)(=O)O)cccc2c1O. The normalized spacial score (nSPS) is 12.7. The fourth-order valence-corrected chi connectivity index (χ4v) is 3.67. The zero-order valence-electron chi connectivity index (χ0n) is 14.2. The number of hydrogen-bond donors (Lipinski definition) is 3. The van der Waals surface area contributed by atoms with Crippen molar-refractivity contribution >= 4 is 36.9 Å². The van der Waals surface area contributed by atoms with E-state index in [9.17, 15) is 26.5 Å². The van der Waals surface area contributed by atoms with Crippen LogP contribution in [0.1, 0.15) is 5.56 Å². The minimum absolute atomic E-state index is 0.0398. The number of aromatic hydroxyl groups is 1. The predicted molar refractivity (Wildman–Crippen MR) is 99.5 cm³/mol. The molecule has 28 heavy (non-hydrogen) atoms. The van der Waals surface area contributed by atoms with Crippen LogP contribution in [0.15, 0.2) is 57.1 Å². The lowest BCUT2D eigenvalue weighted by atomic mass is 9.99. The van der Waals surface area contributed by atoms with Crippen LogP contribution in [-0.4, -0.2) is 36.0 Å². The summed E-state index contributed by atoms with van der Waals surface area (Å²) in [6.45, 7) is 1.70. The van der Waals surface area contributed by atoms with Crippen molar-refractivity contribution in [2.45, 2.75) is 11.8 Å². The van der Waals surface area contributed by atoms with Crippen molar-refractivity contribution in [3.63, 3.8) is 0 Å². The molecule has 0 radical (unpaired) electrons. The Bertz CT molecular complexity index is 1330. The molecule has 0 saturated carbocycles. The van der Waals surface area contributed by atoms with Gasteiger partial charge in [0.2, 0.25) is 0 Å². The van der Waals surface area contributed by atoms with Gasteiger partial charge in [-0.25, -0.2) is 0 Å². The molecule has 3 N–H and O–H groups in total. The number of pyridine rings is 1. The van der Waals surface area contributed by atoms with Gasteiger partial charge in [0.25, 0.3) is 10.1 Å². The number of rotatable bonds is 4. The summed E-state index contributed by atoms with van der Waals surface area (Å²) < 4.78 is 66.8. The highest BCUT2D eigenvalue weighted by atomic mass is 32.2. The topological polar surface area (TPSA) is 167 Å². The molecule has 0 aliphatic carbocycles. The molecule has 1 aromatic heterocycles. The molecule has 2 aromatic carbocycles. The van der Waals surface area contributed by atoms with E-state index < -0.39 is 25.3 Å². The summed E-state index contributed by atoms with van der Waals surface area (Å²) >= 11 is 0. The minimum atomic E-state index is -4.83. The van der Waals surface area contributed by atoms with Crippen LogP contribution < -0.4 is 0 Å². The standard InChI is InChI=1S/C16H13N3O7S2/c1-9-4-3-7-17-15(9)11-8-13(27(21,22)23)14-10(16(11)20)5-2-6-12(14)18-19-28(24,25)26/h2-8,20H,1H3,(H,21,22,23)(H,24,25,26). The summed E-state index contributed by atoms with van der Waals surface area (Å²) in [5.74, 6) is -0.354. The third kappa shape index (κ3) is 3.84. The molecule has 0 fully saturated rings. The van der Waals surface area contributed by atoms with E-state index in [2.05, 4.69) is 14.6 Å². The monoisotopic (exact) mass is 423 g/mol. The van der Waals surface area contributed by atoms with Crippen LogP contribution in [0.25, 0.3) is 22.0 Å². The predicted octanol–water partition coefficient (Wildman–Crippen LogP) is 3.05. The molecule has 3 rings (SSSR count). The van der Waals surface area contributed by atoms with Gasteiger partial charge in [-0.2, -0.15) is 16.8 Å². The summed E-state index contributed by atoms with van der Waals surface area (Å²) in [7, 11) is -9.65. The van der Waals surface area contributed by atoms with Crippen LogP contribution in [0.3, 0.4) is 0 Å². The van der Waals surface area contributed by atoms with Crippen LogP contribution in [0.5, 0.6) is 5.75 Å². The van der Waals surface area contributed by atoms with Crippen LogP contribution in [0.2, 0.25) is 0 Å². The Morgan fingerprint density at radius 2 is 1.75 bits per heavy atom. The van der Waals surface area contributed by atoms with Crippen LogP contribution >= 0.6 is 0 Å². The highest BCUT2D eigenvalue weighted by Gasteiger charge is 2.23. The summed E-state index contributed by atoms with van der Waals surface area (Å²) in [4.78, 5) is 3.51. The molecule has 0 bridgehead atoms. The minimum Gasteiger partial charge on any atom is -0.507 e. The molecule has 1 heterocycles. The van der Waals surface area contributed by atoms with Gasteiger partial charge in [-0.05, 0) is 35.2 Å². The van der Waals surface area contributed by atoms with Crippen molar-refractivity contribution < 1.29 is 31.0 Å². The molecule has 3 aromatic rings. The lowest BCUT2D eigenvalue weighted by Gasteiger charge is -2.13. The molecule has 0 atom stereocenters. The lowest BCUT2D eigenvalue weighted by molar-refractivity contribution is 0.479.